The molecule has 0 atom stereocenters. The van der Waals surface area contributed by atoms with Crippen molar-refractivity contribution < 1.29 is 5.11 Å². The van der Waals surface area contributed by atoms with Crippen LogP contribution in [0.1, 0.15) is 46.0 Å². The average molecular weight is 254 g/mol. The van der Waals surface area contributed by atoms with E-state index in [1.165, 1.54) is 58.3 Å². The SMILES string of the molecule is CC(C)N1CCN(CC2(CO)CCCCC2)CC1. The molecule has 18 heavy (non-hydrogen) atoms. The molecule has 0 bridgehead atoms. The largest absolute Gasteiger partial charge is 0.396 e. The first-order valence-corrected chi connectivity index (χ1v) is 7.72. The minimum Gasteiger partial charge on any atom is -0.396 e. The van der Waals surface area contributed by atoms with E-state index < -0.39 is 0 Å². The van der Waals surface area contributed by atoms with Crippen LogP contribution >= 0.6 is 0 Å². The van der Waals surface area contributed by atoms with E-state index in [0.717, 1.165) is 6.54 Å². The van der Waals surface area contributed by atoms with Crippen LogP contribution in [0.4, 0.5) is 0 Å². The van der Waals surface area contributed by atoms with Gasteiger partial charge in [0.2, 0.25) is 0 Å². The van der Waals surface area contributed by atoms with E-state index in [0.29, 0.717) is 12.6 Å². The number of piperazine rings is 1. The van der Waals surface area contributed by atoms with Crippen LogP contribution in [0.5, 0.6) is 0 Å². The summed E-state index contributed by atoms with van der Waals surface area (Å²) in [5.41, 5.74) is 0.220. The fourth-order valence-corrected chi connectivity index (χ4v) is 3.58. The van der Waals surface area contributed by atoms with Crippen LogP contribution in [0.3, 0.4) is 0 Å². The Bertz CT molecular complexity index is 241. The molecule has 3 heteroatoms. The van der Waals surface area contributed by atoms with Gasteiger partial charge in [-0.05, 0) is 26.7 Å². The molecule has 0 aromatic rings. The van der Waals surface area contributed by atoms with Gasteiger partial charge in [0.1, 0.15) is 0 Å². The minimum atomic E-state index is 0.220. The molecule has 1 aliphatic carbocycles. The van der Waals surface area contributed by atoms with Gasteiger partial charge in [0.05, 0.1) is 0 Å². The van der Waals surface area contributed by atoms with E-state index >= 15 is 0 Å². The molecule has 0 unspecified atom stereocenters. The van der Waals surface area contributed by atoms with Crippen molar-refractivity contribution in [2.24, 2.45) is 5.41 Å². The van der Waals surface area contributed by atoms with Crippen molar-refractivity contribution in [3.63, 3.8) is 0 Å². The Kier molecular flexibility index (Phi) is 5.05. The van der Waals surface area contributed by atoms with Gasteiger partial charge in [-0.15, -0.1) is 0 Å². The Morgan fingerprint density at radius 1 is 1.00 bits per heavy atom. The third-order valence-electron chi connectivity index (χ3n) is 4.95. The first-order valence-electron chi connectivity index (χ1n) is 7.72. The second-order valence-corrected chi connectivity index (χ2v) is 6.62. The van der Waals surface area contributed by atoms with Crippen molar-refractivity contribution in [3.05, 3.63) is 0 Å². The molecule has 2 rings (SSSR count). The predicted molar refractivity (Wildman–Crippen MR) is 75.8 cm³/mol. The average Bonchev–Trinajstić information content (AvgIpc) is 2.40. The van der Waals surface area contributed by atoms with Crippen molar-refractivity contribution in [2.45, 2.75) is 52.0 Å². The molecule has 2 fully saturated rings. The molecule has 3 nitrogen and oxygen atoms in total. The molecule has 2 aliphatic rings. The van der Waals surface area contributed by atoms with Gasteiger partial charge < -0.3 is 10.0 Å². The molecule has 0 spiro atoms. The van der Waals surface area contributed by atoms with E-state index in [1.54, 1.807) is 0 Å². The molecule has 1 saturated heterocycles. The molecule has 0 radical (unpaired) electrons. The molecule has 0 aromatic heterocycles. The van der Waals surface area contributed by atoms with Crippen LogP contribution in [0.15, 0.2) is 0 Å². The predicted octanol–water partition coefficient (Wildman–Crippen LogP) is 1.96. The maximum Gasteiger partial charge on any atom is 0.0499 e. The van der Waals surface area contributed by atoms with Crippen LogP contribution in [0, 0.1) is 5.41 Å². The molecule has 0 aromatic carbocycles. The summed E-state index contributed by atoms with van der Waals surface area (Å²) < 4.78 is 0. The van der Waals surface area contributed by atoms with Gasteiger partial charge in [0.15, 0.2) is 0 Å². The van der Waals surface area contributed by atoms with Crippen LogP contribution < -0.4 is 0 Å². The fraction of sp³-hybridized carbons (Fsp3) is 1.00. The highest BCUT2D eigenvalue weighted by atomic mass is 16.3. The van der Waals surface area contributed by atoms with Crippen LogP contribution in [0.2, 0.25) is 0 Å². The van der Waals surface area contributed by atoms with Gasteiger partial charge >= 0.3 is 0 Å². The van der Waals surface area contributed by atoms with Gasteiger partial charge in [0.25, 0.3) is 0 Å². The summed E-state index contributed by atoms with van der Waals surface area (Å²) in [7, 11) is 0. The number of aliphatic hydroxyl groups excluding tert-OH is 1. The second-order valence-electron chi connectivity index (χ2n) is 6.62. The summed E-state index contributed by atoms with van der Waals surface area (Å²) in [5, 5.41) is 9.78. The van der Waals surface area contributed by atoms with Crippen molar-refractivity contribution >= 4 is 0 Å². The van der Waals surface area contributed by atoms with Crippen molar-refractivity contribution in [3.8, 4) is 0 Å². The molecular weight excluding hydrogens is 224 g/mol. The van der Waals surface area contributed by atoms with Crippen LogP contribution in [0.25, 0.3) is 0 Å². The normalized spacial score (nSPS) is 26.7. The fourth-order valence-electron chi connectivity index (χ4n) is 3.58. The van der Waals surface area contributed by atoms with E-state index in [-0.39, 0.29) is 5.41 Å². The number of rotatable bonds is 4. The van der Waals surface area contributed by atoms with E-state index in [2.05, 4.69) is 23.6 Å². The molecule has 0 amide bonds. The molecule has 1 saturated carbocycles. The standard InChI is InChI=1S/C15H30N2O/c1-14(2)17-10-8-16(9-11-17)12-15(13-18)6-4-3-5-7-15/h14,18H,3-13H2,1-2H3. The Morgan fingerprint density at radius 2 is 1.61 bits per heavy atom. The van der Waals surface area contributed by atoms with Gasteiger partial charge in [0, 0.05) is 50.8 Å². The van der Waals surface area contributed by atoms with E-state index in [1.807, 2.05) is 0 Å². The monoisotopic (exact) mass is 254 g/mol. The quantitative estimate of drug-likeness (QED) is 0.831. The Hall–Kier alpha value is -0.120. The lowest BCUT2D eigenvalue weighted by Crippen LogP contribution is -2.52. The Labute approximate surface area is 112 Å². The molecule has 1 aliphatic heterocycles. The summed E-state index contributed by atoms with van der Waals surface area (Å²) in [6, 6.07) is 0.675. The third-order valence-corrected chi connectivity index (χ3v) is 4.95. The molecule has 106 valence electrons. The van der Waals surface area contributed by atoms with Crippen molar-refractivity contribution in [1.82, 2.24) is 9.80 Å². The molecule has 1 N–H and O–H groups in total. The molecular formula is C15H30N2O. The zero-order chi connectivity index (χ0) is 13.0. The van der Waals surface area contributed by atoms with Crippen LogP contribution in [-0.4, -0.2) is 60.3 Å². The zero-order valence-corrected chi connectivity index (χ0v) is 12.2. The molecule has 1 heterocycles. The Morgan fingerprint density at radius 3 is 2.11 bits per heavy atom. The number of hydrogen-bond donors (Lipinski definition) is 1. The second kappa shape index (κ2) is 6.36. The van der Waals surface area contributed by atoms with Crippen molar-refractivity contribution in [1.29, 1.82) is 0 Å². The van der Waals surface area contributed by atoms with E-state index in [9.17, 15) is 5.11 Å². The van der Waals surface area contributed by atoms with Gasteiger partial charge in [-0.25, -0.2) is 0 Å². The summed E-state index contributed by atoms with van der Waals surface area (Å²) in [6.45, 7) is 10.8. The lowest BCUT2D eigenvalue weighted by Gasteiger charge is -2.43. The first-order chi connectivity index (χ1) is 8.65. The first kappa shape index (κ1) is 14.3. The summed E-state index contributed by atoms with van der Waals surface area (Å²) in [4.78, 5) is 5.14. The number of aliphatic hydroxyl groups is 1. The summed E-state index contributed by atoms with van der Waals surface area (Å²) >= 11 is 0. The number of nitrogens with zero attached hydrogens (tertiary/aromatic N) is 2. The maximum atomic E-state index is 9.78. The van der Waals surface area contributed by atoms with E-state index in [4.69, 9.17) is 0 Å². The number of hydrogen-bond acceptors (Lipinski definition) is 3. The maximum absolute atomic E-state index is 9.78. The summed E-state index contributed by atoms with van der Waals surface area (Å²) in [5.74, 6) is 0. The lowest BCUT2D eigenvalue weighted by molar-refractivity contribution is 0.0171. The highest BCUT2D eigenvalue weighted by Gasteiger charge is 2.34. The lowest BCUT2D eigenvalue weighted by atomic mass is 9.74. The van der Waals surface area contributed by atoms with Gasteiger partial charge in [-0.1, -0.05) is 19.3 Å². The Balaban J connectivity index is 1.82. The van der Waals surface area contributed by atoms with Crippen LogP contribution in [-0.2, 0) is 0 Å². The van der Waals surface area contributed by atoms with Gasteiger partial charge in [-0.3, -0.25) is 4.90 Å². The summed E-state index contributed by atoms with van der Waals surface area (Å²) in [6.07, 6.45) is 6.45. The highest BCUT2D eigenvalue weighted by Crippen LogP contribution is 2.36. The third kappa shape index (κ3) is 3.46. The zero-order valence-electron chi connectivity index (χ0n) is 12.2. The minimum absolute atomic E-state index is 0.220. The topological polar surface area (TPSA) is 26.7 Å². The smallest absolute Gasteiger partial charge is 0.0499 e. The highest BCUT2D eigenvalue weighted by molar-refractivity contribution is 4.87. The van der Waals surface area contributed by atoms with Gasteiger partial charge in [-0.2, -0.15) is 0 Å². The van der Waals surface area contributed by atoms with Crippen molar-refractivity contribution in [2.75, 3.05) is 39.3 Å².